The first-order valence-electron chi connectivity index (χ1n) is 8.21. The fourth-order valence-electron chi connectivity index (χ4n) is 2.79. The minimum absolute atomic E-state index is 0.00428. The molecule has 0 spiro atoms. The van der Waals surface area contributed by atoms with Crippen molar-refractivity contribution in [3.05, 3.63) is 35.9 Å². The maximum atomic E-state index is 12.5. The van der Waals surface area contributed by atoms with Gasteiger partial charge in [-0.05, 0) is 32.3 Å². The van der Waals surface area contributed by atoms with Crippen LogP contribution in [0.4, 0.5) is 0 Å². The molecule has 0 atom stereocenters. The molecule has 1 amide bonds. The number of benzene rings is 1. The number of hydrogen-bond acceptors (Lipinski definition) is 3. The van der Waals surface area contributed by atoms with E-state index in [1.807, 2.05) is 49.1 Å². The van der Waals surface area contributed by atoms with E-state index in [0.717, 1.165) is 18.4 Å². The van der Waals surface area contributed by atoms with Crippen LogP contribution in [0.1, 0.15) is 38.7 Å². The van der Waals surface area contributed by atoms with Gasteiger partial charge in [0.25, 0.3) is 0 Å². The Bertz CT molecular complexity index is 614. The lowest BCUT2D eigenvalue weighted by molar-refractivity contribution is -0.133. The molecule has 0 aromatic heterocycles. The van der Waals surface area contributed by atoms with Gasteiger partial charge in [0, 0.05) is 32.1 Å². The minimum Gasteiger partial charge on any atom is -0.336 e. The second-order valence-corrected chi connectivity index (χ2v) is 8.36. The van der Waals surface area contributed by atoms with Crippen molar-refractivity contribution in [3.8, 4) is 0 Å². The lowest BCUT2D eigenvalue weighted by atomic mass is 10.1. The molecule has 0 N–H and O–H groups in total. The summed E-state index contributed by atoms with van der Waals surface area (Å²) in [7, 11) is -3.16. The molecule has 0 saturated carbocycles. The Morgan fingerprint density at radius 3 is 2.52 bits per heavy atom. The van der Waals surface area contributed by atoms with Gasteiger partial charge in [-0.3, -0.25) is 4.79 Å². The SMILES string of the molecule is CC(C)N(Cc1ccccc1)C(=O)CCN1CCCCS1(=O)=O. The summed E-state index contributed by atoms with van der Waals surface area (Å²) in [4.78, 5) is 14.4. The normalized spacial score (nSPS) is 18.0. The van der Waals surface area contributed by atoms with Gasteiger partial charge < -0.3 is 4.90 Å². The van der Waals surface area contributed by atoms with E-state index in [-0.39, 0.29) is 24.1 Å². The third-order valence-corrected chi connectivity index (χ3v) is 6.12. The van der Waals surface area contributed by atoms with E-state index < -0.39 is 10.0 Å². The Labute approximate surface area is 139 Å². The van der Waals surface area contributed by atoms with E-state index in [4.69, 9.17) is 0 Å². The topological polar surface area (TPSA) is 57.7 Å². The molecule has 0 aliphatic carbocycles. The Morgan fingerprint density at radius 1 is 1.22 bits per heavy atom. The molecule has 0 bridgehead atoms. The molecule has 2 rings (SSSR count). The van der Waals surface area contributed by atoms with Crippen molar-refractivity contribution in [2.24, 2.45) is 0 Å². The molecule has 0 radical (unpaired) electrons. The highest BCUT2D eigenvalue weighted by Crippen LogP contribution is 2.15. The van der Waals surface area contributed by atoms with E-state index in [1.54, 1.807) is 0 Å². The number of rotatable bonds is 6. The van der Waals surface area contributed by atoms with Gasteiger partial charge in [0.15, 0.2) is 0 Å². The highest BCUT2D eigenvalue weighted by molar-refractivity contribution is 7.89. The number of sulfonamides is 1. The molecule has 1 saturated heterocycles. The number of carbonyl (C=O) groups excluding carboxylic acids is 1. The van der Waals surface area contributed by atoms with Gasteiger partial charge in [-0.25, -0.2) is 12.7 Å². The maximum Gasteiger partial charge on any atom is 0.224 e. The Balaban J connectivity index is 1.96. The summed E-state index contributed by atoms with van der Waals surface area (Å²) in [6.45, 7) is 5.36. The first-order valence-corrected chi connectivity index (χ1v) is 9.82. The van der Waals surface area contributed by atoms with Gasteiger partial charge in [0.2, 0.25) is 15.9 Å². The molecule has 5 nitrogen and oxygen atoms in total. The summed E-state index contributed by atoms with van der Waals surface area (Å²) in [5, 5.41) is 0. The molecule has 0 unspecified atom stereocenters. The first-order chi connectivity index (χ1) is 10.9. The Kier molecular flexibility index (Phi) is 6.18. The minimum atomic E-state index is -3.16. The van der Waals surface area contributed by atoms with Crippen LogP contribution >= 0.6 is 0 Å². The highest BCUT2D eigenvalue weighted by atomic mass is 32.2. The van der Waals surface area contributed by atoms with Gasteiger partial charge in [-0.15, -0.1) is 0 Å². The van der Waals surface area contributed by atoms with Crippen LogP contribution in [-0.4, -0.2) is 48.4 Å². The van der Waals surface area contributed by atoms with Gasteiger partial charge >= 0.3 is 0 Å². The molecular weight excluding hydrogens is 312 g/mol. The summed E-state index contributed by atoms with van der Waals surface area (Å²) in [5.74, 6) is 0.212. The van der Waals surface area contributed by atoms with Crippen LogP contribution in [-0.2, 0) is 21.4 Å². The summed E-state index contributed by atoms with van der Waals surface area (Å²) >= 11 is 0. The standard InChI is InChI=1S/C17H26N2O3S/c1-15(2)19(14-16-8-4-3-5-9-16)17(20)10-12-18-11-6-7-13-23(18,21)22/h3-5,8-9,15H,6-7,10-14H2,1-2H3. The van der Waals surface area contributed by atoms with Crippen LogP contribution in [0.25, 0.3) is 0 Å². The monoisotopic (exact) mass is 338 g/mol. The Morgan fingerprint density at radius 2 is 1.91 bits per heavy atom. The number of nitrogens with zero attached hydrogens (tertiary/aromatic N) is 2. The fourth-order valence-corrected chi connectivity index (χ4v) is 4.40. The van der Waals surface area contributed by atoms with Crippen LogP contribution in [0.3, 0.4) is 0 Å². The van der Waals surface area contributed by atoms with Crippen LogP contribution < -0.4 is 0 Å². The molecule has 23 heavy (non-hydrogen) atoms. The van der Waals surface area contributed by atoms with Crippen molar-refractivity contribution < 1.29 is 13.2 Å². The van der Waals surface area contributed by atoms with Crippen LogP contribution in [0.2, 0.25) is 0 Å². The molecule has 1 aliphatic heterocycles. The second kappa shape index (κ2) is 7.93. The van der Waals surface area contributed by atoms with Crippen molar-refractivity contribution in [1.82, 2.24) is 9.21 Å². The lowest BCUT2D eigenvalue weighted by Gasteiger charge is -2.30. The zero-order chi connectivity index (χ0) is 16.9. The number of carbonyl (C=O) groups is 1. The fraction of sp³-hybridized carbons (Fsp3) is 0.588. The van der Waals surface area contributed by atoms with E-state index in [2.05, 4.69) is 0 Å². The van der Waals surface area contributed by atoms with Gasteiger partial charge in [-0.1, -0.05) is 30.3 Å². The maximum absolute atomic E-state index is 12.5. The zero-order valence-electron chi connectivity index (χ0n) is 13.9. The number of hydrogen-bond donors (Lipinski definition) is 0. The van der Waals surface area contributed by atoms with Crippen molar-refractivity contribution in [2.45, 2.75) is 45.7 Å². The highest BCUT2D eigenvalue weighted by Gasteiger charge is 2.27. The second-order valence-electron chi connectivity index (χ2n) is 6.27. The average Bonchev–Trinajstić information content (AvgIpc) is 2.51. The molecule has 1 aliphatic rings. The largest absolute Gasteiger partial charge is 0.336 e. The van der Waals surface area contributed by atoms with Crippen LogP contribution in [0, 0.1) is 0 Å². The van der Waals surface area contributed by atoms with E-state index in [1.165, 1.54) is 4.31 Å². The molecule has 1 heterocycles. The van der Waals surface area contributed by atoms with E-state index >= 15 is 0 Å². The Hall–Kier alpha value is -1.40. The van der Waals surface area contributed by atoms with Crippen LogP contribution in [0.15, 0.2) is 30.3 Å². The molecule has 128 valence electrons. The van der Waals surface area contributed by atoms with E-state index in [9.17, 15) is 13.2 Å². The van der Waals surface area contributed by atoms with Crippen molar-refractivity contribution in [2.75, 3.05) is 18.8 Å². The summed E-state index contributed by atoms with van der Waals surface area (Å²) in [6, 6.07) is 9.94. The smallest absolute Gasteiger partial charge is 0.224 e. The van der Waals surface area contributed by atoms with Gasteiger partial charge in [0.1, 0.15) is 0 Å². The molecular formula is C17H26N2O3S. The van der Waals surface area contributed by atoms with Crippen molar-refractivity contribution in [3.63, 3.8) is 0 Å². The third kappa shape index (κ3) is 5.04. The summed E-state index contributed by atoms with van der Waals surface area (Å²) in [5.41, 5.74) is 1.08. The van der Waals surface area contributed by atoms with Crippen LogP contribution in [0.5, 0.6) is 0 Å². The first kappa shape index (κ1) is 17.9. The predicted molar refractivity (Wildman–Crippen MR) is 91.3 cm³/mol. The molecule has 1 aromatic carbocycles. The average molecular weight is 338 g/mol. The summed E-state index contributed by atoms with van der Waals surface area (Å²) in [6.07, 6.45) is 1.84. The van der Waals surface area contributed by atoms with Crippen molar-refractivity contribution >= 4 is 15.9 Å². The predicted octanol–water partition coefficient (Wildman–Crippen LogP) is 2.24. The zero-order valence-corrected chi connectivity index (χ0v) is 14.8. The quantitative estimate of drug-likeness (QED) is 0.799. The summed E-state index contributed by atoms with van der Waals surface area (Å²) < 4.78 is 25.4. The third-order valence-electron chi connectivity index (χ3n) is 4.17. The number of amides is 1. The van der Waals surface area contributed by atoms with E-state index in [0.29, 0.717) is 19.6 Å². The van der Waals surface area contributed by atoms with Gasteiger partial charge in [0.05, 0.1) is 5.75 Å². The lowest BCUT2D eigenvalue weighted by Crippen LogP contribution is -2.42. The molecule has 1 fully saturated rings. The molecule has 1 aromatic rings. The van der Waals surface area contributed by atoms with Gasteiger partial charge in [-0.2, -0.15) is 0 Å². The van der Waals surface area contributed by atoms with Crippen molar-refractivity contribution in [1.29, 1.82) is 0 Å². The molecule has 6 heteroatoms.